The lowest BCUT2D eigenvalue weighted by molar-refractivity contribution is -0.223. The van der Waals surface area contributed by atoms with Crippen LogP contribution in [0, 0.1) is 17.8 Å². The summed E-state index contributed by atoms with van der Waals surface area (Å²) in [5.41, 5.74) is -2.66. The van der Waals surface area contributed by atoms with Crippen LogP contribution in [-0.2, 0) is 4.79 Å². The molecule has 2 N–H and O–H groups in total. The second-order valence-corrected chi connectivity index (χ2v) is 6.39. The molecular formula is C14H24O3. The Balaban J connectivity index is 2.24. The molecule has 0 bridgehead atoms. The van der Waals surface area contributed by atoms with Gasteiger partial charge in [-0.05, 0) is 43.4 Å². The number of carbonyl (C=O) groups is 1. The number of hydrogen-bond acceptors (Lipinski definition) is 3. The van der Waals surface area contributed by atoms with E-state index in [-0.39, 0.29) is 11.7 Å². The van der Waals surface area contributed by atoms with Gasteiger partial charge in [-0.25, -0.2) is 0 Å². The first kappa shape index (κ1) is 13.0. The molecule has 0 aromatic heterocycles. The number of hydrogen-bond donors (Lipinski definition) is 2. The predicted molar refractivity (Wildman–Crippen MR) is 65.5 cm³/mol. The van der Waals surface area contributed by atoms with E-state index in [4.69, 9.17) is 0 Å². The van der Waals surface area contributed by atoms with Crippen molar-refractivity contribution in [3.63, 3.8) is 0 Å². The molecule has 2 fully saturated rings. The van der Waals surface area contributed by atoms with Crippen LogP contribution in [0.4, 0.5) is 0 Å². The fraction of sp³-hybridized carbons (Fsp3) is 0.929. The molecule has 17 heavy (non-hydrogen) atoms. The van der Waals surface area contributed by atoms with Crippen molar-refractivity contribution in [3.05, 3.63) is 0 Å². The van der Waals surface area contributed by atoms with Gasteiger partial charge in [0.05, 0.1) is 0 Å². The molecule has 1 unspecified atom stereocenters. The minimum atomic E-state index is -1.46. The van der Waals surface area contributed by atoms with E-state index < -0.39 is 11.2 Å². The topological polar surface area (TPSA) is 57.5 Å². The minimum absolute atomic E-state index is 0.00625. The van der Waals surface area contributed by atoms with E-state index in [0.29, 0.717) is 31.1 Å². The van der Waals surface area contributed by atoms with Crippen molar-refractivity contribution in [2.45, 2.75) is 64.1 Å². The predicted octanol–water partition coefficient (Wildman–Crippen LogP) is 1.90. The van der Waals surface area contributed by atoms with Gasteiger partial charge in [-0.1, -0.05) is 20.8 Å². The molecule has 0 amide bonds. The van der Waals surface area contributed by atoms with Gasteiger partial charge in [-0.15, -0.1) is 0 Å². The molecular weight excluding hydrogens is 216 g/mol. The largest absolute Gasteiger partial charge is 0.386 e. The minimum Gasteiger partial charge on any atom is -0.386 e. The third-order valence-electron chi connectivity index (χ3n) is 5.19. The Kier molecular flexibility index (Phi) is 3.11. The summed E-state index contributed by atoms with van der Waals surface area (Å²) in [6.45, 7) is 6.25. The summed E-state index contributed by atoms with van der Waals surface area (Å²) in [4.78, 5) is 11.7. The quantitative estimate of drug-likeness (QED) is 0.775. The van der Waals surface area contributed by atoms with Gasteiger partial charge in [0.2, 0.25) is 0 Å². The van der Waals surface area contributed by atoms with Crippen molar-refractivity contribution < 1.29 is 15.0 Å². The number of aliphatic hydroxyl groups is 2. The lowest BCUT2D eigenvalue weighted by Crippen LogP contribution is -2.69. The lowest BCUT2D eigenvalue weighted by atomic mass is 9.56. The molecule has 0 aromatic carbocycles. The van der Waals surface area contributed by atoms with E-state index in [1.54, 1.807) is 0 Å². The van der Waals surface area contributed by atoms with Crippen molar-refractivity contribution in [3.8, 4) is 0 Å². The van der Waals surface area contributed by atoms with Crippen molar-refractivity contribution in [1.82, 2.24) is 0 Å². The van der Waals surface area contributed by atoms with Gasteiger partial charge in [-0.2, -0.15) is 0 Å². The Morgan fingerprint density at radius 2 is 1.94 bits per heavy atom. The molecule has 2 rings (SSSR count). The van der Waals surface area contributed by atoms with E-state index >= 15 is 0 Å². The highest BCUT2D eigenvalue weighted by atomic mass is 16.4. The zero-order valence-corrected chi connectivity index (χ0v) is 11.1. The molecule has 0 heterocycles. The van der Waals surface area contributed by atoms with Crippen LogP contribution < -0.4 is 0 Å². The zero-order valence-electron chi connectivity index (χ0n) is 11.1. The van der Waals surface area contributed by atoms with Gasteiger partial charge >= 0.3 is 0 Å². The Labute approximate surface area is 103 Å². The van der Waals surface area contributed by atoms with E-state index in [0.717, 1.165) is 12.8 Å². The normalized spacial score (nSPS) is 47.1. The first-order valence-electron chi connectivity index (χ1n) is 6.79. The monoisotopic (exact) mass is 240 g/mol. The first-order valence-corrected chi connectivity index (χ1v) is 6.79. The van der Waals surface area contributed by atoms with Crippen molar-refractivity contribution in [2.75, 3.05) is 0 Å². The summed E-state index contributed by atoms with van der Waals surface area (Å²) in [6.07, 6.45) is 3.39. The average molecular weight is 240 g/mol. The Bertz CT molecular complexity index is 325. The summed E-state index contributed by atoms with van der Waals surface area (Å²) >= 11 is 0. The van der Waals surface area contributed by atoms with Gasteiger partial charge in [-0.3, -0.25) is 4.79 Å². The van der Waals surface area contributed by atoms with Crippen molar-refractivity contribution >= 4 is 5.78 Å². The van der Waals surface area contributed by atoms with Crippen LogP contribution in [0.15, 0.2) is 0 Å². The average Bonchev–Trinajstić information content (AvgIpc) is 2.29. The molecule has 98 valence electrons. The van der Waals surface area contributed by atoms with Gasteiger partial charge in [0.15, 0.2) is 11.4 Å². The van der Waals surface area contributed by atoms with Crippen LogP contribution >= 0.6 is 0 Å². The summed E-state index contributed by atoms with van der Waals surface area (Å²) in [6, 6.07) is 0. The highest BCUT2D eigenvalue weighted by Crippen LogP contribution is 2.50. The number of rotatable bonds is 2. The maximum atomic E-state index is 11.7. The molecule has 2 saturated carbocycles. The van der Waals surface area contributed by atoms with Crippen LogP contribution in [0.2, 0.25) is 0 Å². The third kappa shape index (κ3) is 1.75. The van der Waals surface area contributed by atoms with Gasteiger partial charge < -0.3 is 10.2 Å². The summed E-state index contributed by atoms with van der Waals surface area (Å²) in [5.74, 6) is 0.740. The maximum absolute atomic E-state index is 11.7. The Hall–Kier alpha value is -0.410. The van der Waals surface area contributed by atoms with E-state index in [9.17, 15) is 15.0 Å². The van der Waals surface area contributed by atoms with Crippen LogP contribution in [0.3, 0.4) is 0 Å². The van der Waals surface area contributed by atoms with Gasteiger partial charge in [0, 0.05) is 6.42 Å². The molecule has 0 spiro atoms. The standard InChI is InChI=1S/C14H24O3/c1-9(2)11-5-4-10(3)14(17,8-11)13(16)7-6-12(13)15/h9-11,16-17H,4-8H2,1-3H3/t10-,11-,13?,14+/m1/s1. The zero-order chi connectivity index (χ0) is 12.8. The number of Topliss-reactive ketones (excluding diaryl/α,β-unsaturated/α-hetero) is 1. The second kappa shape index (κ2) is 4.06. The van der Waals surface area contributed by atoms with Crippen molar-refractivity contribution in [1.29, 1.82) is 0 Å². The second-order valence-electron chi connectivity index (χ2n) is 6.39. The van der Waals surface area contributed by atoms with E-state index in [1.807, 2.05) is 6.92 Å². The molecule has 0 aromatic rings. The lowest BCUT2D eigenvalue weighted by Gasteiger charge is -2.54. The fourth-order valence-electron chi connectivity index (χ4n) is 3.47. The van der Waals surface area contributed by atoms with E-state index in [1.165, 1.54) is 0 Å². The smallest absolute Gasteiger partial charge is 0.167 e. The van der Waals surface area contributed by atoms with E-state index in [2.05, 4.69) is 13.8 Å². The maximum Gasteiger partial charge on any atom is 0.167 e. The van der Waals surface area contributed by atoms with Crippen LogP contribution in [0.5, 0.6) is 0 Å². The molecule has 0 aliphatic heterocycles. The molecule has 0 radical (unpaired) electrons. The number of ketones is 1. The fourth-order valence-corrected chi connectivity index (χ4v) is 3.47. The van der Waals surface area contributed by atoms with Crippen molar-refractivity contribution in [2.24, 2.45) is 17.8 Å². The molecule has 0 saturated heterocycles. The van der Waals surface area contributed by atoms with Gasteiger partial charge in [0.1, 0.15) is 5.60 Å². The Morgan fingerprint density at radius 1 is 1.29 bits per heavy atom. The van der Waals surface area contributed by atoms with Gasteiger partial charge in [0.25, 0.3) is 0 Å². The molecule has 2 aliphatic rings. The summed E-state index contributed by atoms with van der Waals surface area (Å²) in [5, 5.41) is 21.3. The third-order valence-corrected chi connectivity index (χ3v) is 5.19. The summed E-state index contributed by atoms with van der Waals surface area (Å²) in [7, 11) is 0. The molecule has 3 nitrogen and oxygen atoms in total. The van der Waals surface area contributed by atoms with Crippen LogP contribution in [0.25, 0.3) is 0 Å². The molecule has 4 atom stereocenters. The Morgan fingerprint density at radius 3 is 2.35 bits per heavy atom. The number of carbonyl (C=O) groups excluding carboxylic acids is 1. The van der Waals surface area contributed by atoms with Crippen LogP contribution in [-0.4, -0.2) is 27.2 Å². The SMILES string of the molecule is CC(C)[C@@H]1CC[C@@H](C)[C@](O)(C2(O)CCC2=O)C1. The first-order chi connectivity index (χ1) is 7.81. The molecule has 2 aliphatic carbocycles. The summed E-state index contributed by atoms with van der Waals surface area (Å²) < 4.78 is 0. The van der Waals surface area contributed by atoms with Crippen LogP contribution in [0.1, 0.15) is 52.9 Å². The highest BCUT2D eigenvalue weighted by Gasteiger charge is 2.62. The molecule has 3 heteroatoms. The highest BCUT2D eigenvalue weighted by molar-refractivity contribution is 5.94.